The predicted octanol–water partition coefficient (Wildman–Crippen LogP) is 0.875. The third-order valence-corrected chi connectivity index (χ3v) is 1.79. The van der Waals surface area contributed by atoms with Crippen LogP contribution in [0, 0.1) is 0 Å². The number of benzene rings is 1. The molecule has 1 saturated heterocycles. The van der Waals surface area contributed by atoms with E-state index in [1.165, 1.54) is 12.1 Å². The van der Waals surface area contributed by atoms with Gasteiger partial charge in [-0.25, -0.2) is 0 Å². The molecular weight excluding hydrogens is 172 g/mol. The SMILES string of the molecule is Oc1cccc(O)c1OCC1CO1. The summed E-state index contributed by atoms with van der Waals surface area (Å²) < 4.78 is 10.1. The Hall–Kier alpha value is -1.42. The normalized spacial score (nSPS) is 19.8. The van der Waals surface area contributed by atoms with Crippen molar-refractivity contribution >= 4 is 0 Å². The van der Waals surface area contributed by atoms with E-state index in [-0.39, 0.29) is 23.4 Å². The maximum Gasteiger partial charge on any atom is 0.203 e. The molecule has 1 aromatic rings. The van der Waals surface area contributed by atoms with Gasteiger partial charge in [0.1, 0.15) is 12.7 Å². The Kier molecular flexibility index (Phi) is 1.98. The fraction of sp³-hybridized carbons (Fsp3) is 0.333. The monoisotopic (exact) mass is 182 g/mol. The van der Waals surface area contributed by atoms with Crippen LogP contribution in [0.2, 0.25) is 0 Å². The number of rotatable bonds is 3. The number of ether oxygens (including phenoxy) is 2. The first kappa shape index (κ1) is 8.19. The lowest BCUT2D eigenvalue weighted by Crippen LogP contribution is -2.04. The fourth-order valence-electron chi connectivity index (χ4n) is 1.00. The van der Waals surface area contributed by atoms with Crippen molar-refractivity contribution in [2.24, 2.45) is 0 Å². The summed E-state index contributed by atoms with van der Waals surface area (Å²) in [6, 6.07) is 4.47. The largest absolute Gasteiger partial charge is 0.504 e. The minimum atomic E-state index is -0.0550. The Labute approximate surface area is 75.3 Å². The van der Waals surface area contributed by atoms with Crippen molar-refractivity contribution in [2.75, 3.05) is 13.2 Å². The van der Waals surface area contributed by atoms with Gasteiger partial charge < -0.3 is 19.7 Å². The van der Waals surface area contributed by atoms with Gasteiger partial charge in [0.25, 0.3) is 0 Å². The van der Waals surface area contributed by atoms with Crippen molar-refractivity contribution in [1.29, 1.82) is 0 Å². The van der Waals surface area contributed by atoms with Crippen LogP contribution in [0.15, 0.2) is 18.2 Å². The summed E-state index contributed by atoms with van der Waals surface area (Å²) in [6.45, 7) is 1.06. The zero-order chi connectivity index (χ0) is 9.26. The first-order chi connectivity index (χ1) is 6.27. The number of aromatic hydroxyl groups is 2. The molecule has 2 N–H and O–H groups in total. The van der Waals surface area contributed by atoms with E-state index in [9.17, 15) is 10.2 Å². The van der Waals surface area contributed by atoms with E-state index in [0.717, 1.165) is 0 Å². The predicted molar refractivity (Wildman–Crippen MR) is 45.0 cm³/mol. The topological polar surface area (TPSA) is 62.2 Å². The molecule has 13 heavy (non-hydrogen) atoms. The van der Waals surface area contributed by atoms with E-state index in [2.05, 4.69) is 0 Å². The average molecular weight is 182 g/mol. The van der Waals surface area contributed by atoms with E-state index in [1.54, 1.807) is 6.07 Å². The molecule has 0 spiro atoms. The van der Waals surface area contributed by atoms with Gasteiger partial charge in [-0.3, -0.25) is 0 Å². The number of phenolic OH excluding ortho intramolecular Hbond substituents is 2. The molecule has 1 aliphatic heterocycles. The van der Waals surface area contributed by atoms with Crippen LogP contribution in [-0.2, 0) is 4.74 Å². The van der Waals surface area contributed by atoms with Crippen LogP contribution in [0.1, 0.15) is 0 Å². The molecule has 1 heterocycles. The lowest BCUT2D eigenvalue weighted by molar-refractivity contribution is 0.244. The number of hydrogen-bond acceptors (Lipinski definition) is 4. The molecule has 0 radical (unpaired) electrons. The second-order valence-electron chi connectivity index (χ2n) is 2.89. The van der Waals surface area contributed by atoms with Crippen LogP contribution in [0.25, 0.3) is 0 Å². The first-order valence-corrected chi connectivity index (χ1v) is 4.02. The zero-order valence-electron chi connectivity index (χ0n) is 6.93. The molecule has 0 aliphatic carbocycles. The molecule has 2 rings (SSSR count). The van der Waals surface area contributed by atoms with Crippen LogP contribution in [0.5, 0.6) is 17.2 Å². The Morgan fingerprint density at radius 1 is 1.38 bits per heavy atom. The van der Waals surface area contributed by atoms with E-state index >= 15 is 0 Å². The van der Waals surface area contributed by atoms with Gasteiger partial charge in [0.05, 0.1) is 6.61 Å². The van der Waals surface area contributed by atoms with Crippen LogP contribution < -0.4 is 4.74 Å². The maximum atomic E-state index is 9.30. The Balaban J connectivity index is 2.07. The standard InChI is InChI=1S/C9H10O4/c10-7-2-1-3-8(11)9(7)13-5-6-4-12-6/h1-3,6,10-11H,4-5H2. The third kappa shape index (κ3) is 1.84. The summed E-state index contributed by atoms with van der Waals surface area (Å²) in [5.74, 6) is 0.0132. The van der Waals surface area contributed by atoms with Gasteiger partial charge in [-0.1, -0.05) is 6.07 Å². The van der Waals surface area contributed by atoms with Gasteiger partial charge in [0.2, 0.25) is 5.75 Å². The van der Waals surface area contributed by atoms with Gasteiger partial charge in [-0.2, -0.15) is 0 Å². The van der Waals surface area contributed by atoms with Crippen molar-refractivity contribution in [3.63, 3.8) is 0 Å². The molecular formula is C9H10O4. The summed E-state index contributed by atoms with van der Waals surface area (Å²) in [7, 11) is 0. The maximum absolute atomic E-state index is 9.30. The molecule has 0 aromatic heterocycles. The van der Waals surface area contributed by atoms with Crippen LogP contribution in [0.4, 0.5) is 0 Å². The number of para-hydroxylation sites is 1. The lowest BCUT2D eigenvalue weighted by atomic mass is 10.3. The number of phenols is 2. The summed E-state index contributed by atoms with van der Waals surface area (Å²) in [5, 5.41) is 18.6. The average Bonchev–Trinajstić information content (AvgIpc) is 2.87. The van der Waals surface area contributed by atoms with Crippen molar-refractivity contribution in [1.82, 2.24) is 0 Å². The van der Waals surface area contributed by atoms with Crippen LogP contribution in [0.3, 0.4) is 0 Å². The quantitative estimate of drug-likeness (QED) is 0.681. The fourth-order valence-corrected chi connectivity index (χ4v) is 1.00. The Morgan fingerprint density at radius 3 is 2.54 bits per heavy atom. The van der Waals surface area contributed by atoms with Crippen molar-refractivity contribution in [3.8, 4) is 17.2 Å². The number of hydrogen-bond donors (Lipinski definition) is 2. The molecule has 1 aliphatic rings. The van der Waals surface area contributed by atoms with E-state index < -0.39 is 0 Å². The highest BCUT2D eigenvalue weighted by atomic mass is 16.6. The Morgan fingerprint density at radius 2 is 2.00 bits per heavy atom. The van der Waals surface area contributed by atoms with E-state index in [4.69, 9.17) is 9.47 Å². The molecule has 0 saturated carbocycles. The summed E-state index contributed by atoms with van der Waals surface area (Å²) in [6.07, 6.45) is 0.110. The third-order valence-electron chi connectivity index (χ3n) is 1.79. The minimum absolute atomic E-state index is 0.0550. The molecule has 4 heteroatoms. The molecule has 0 amide bonds. The van der Waals surface area contributed by atoms with Gasteiger partial charge in [0.15, 0.2) is 11.5 Å². The summed E-state index contributed by atoms with van der Waals surface area (Å²) >= 11 is 0. The molecule has 70 valence electrons. The molecule has 1 unspecified atom stereocenters. The van der Waals surface area contributed by atoms with Crippen molar-refractivity contribution < 1.29 is 19.7 Å². The second kappa shape index (κ2) is 3.14. The Bertz CT molecular complexity index is 286. The molecule has 1 aromatic carbocycles. The van der Waals surface area contributed by atoms with Crippen molar-refractivity contribution in [3.05, 3.63) is 18.2 Å². The van der Waals surface area contributed by atoms with Crippen LogP contribution >= 0.6 is 0 Å². The molecule has 4 nitrogen and oxygen atoms in total. The zero-order valence-corrected chi connectivity index (χ0v) is 6.93. The lowest BCUT2D eigenvalue weighted by Gasteiger charge is -2.07. The van der Waals surface area contributed by atoms with Gasteiger partial charge in [-0.15, -0.1) is 0 Å². The highest BCUT2D eigenvalue weighted by molar-refractivity contribution is 5.49. The van der Waals surface area contributed by atoms with Gasteiger partial charge >= 0.3 is 0 Å². The minimum Gasteiger partial charge on any atom is -0.504 e. The van der Waals surface area contributed by atoms with Gasteiger partial charge in [0, 0.05) is 0 Å². The summed E-state index contributed by atoms with van der Waals surface area (Å²) in [5.41, 5.74) is 0. The summed E-state index contributed by atoms with van der Waals surface area (Å²) in [4.78, 5) is 0. The van der Waals surface area contributed by atoms with E-state index in [1.807, 2.05) is 0 Å². The van der Waals surface area contributed by atoms with Gasteiger partial charge in [-0.05, 0) is 12.1 Å². The highest BCUT2D eigenvalue weighted by Crippen LogP contribution is 2.35. The second-order valence-corrected chi connectivity index (χ2v) is 2.89. The van der Waals surface area contributed by atoms with E-state index in [0.29, 0.717) is 13.2 Å². The highest BCUT2D eigenvalue weighted by Gasteiger charge is 2.24. The van der Waals surface area contributed by atoms with Crippen molar-refractivity contribution in [2.45, 2.75) is 6.10 Å². The smallest absolute Gasteiger partial charge is 0.203 e. The first-order valence-electron chi connectivity index (χ1n) is 4.02. The number of epoxide rings is 1. The van der Waals surface area contributed by atoms with Crippen LogP contribution in [-0.4, -0.2) is 29.5 Å². The molecule has 1 atom stereocenters. The molecule has 1 fully saturated rings. The molecule has 0 bridgehead atoms.